The fourth-order valence-corrected chi connectivity index (χ4v) is 9.30. The highest BCUT2D eigenvalue weighted by Gasteiger charge is 2.37. The first-order valence-corrected chi connectivity index (χ1v) is 19.8. The summed E-state index contributed by atoms with van der Waals surface area (Å²) in [6, 6.07) is 72.8. The van der Waals surface area contributed by atoms with Crippen molar-refractivity contribution >= 4 is 49.8 Å². The van der Waals surface area contributed by atoms with Crippen LogP contribution in [0.15, 0.2) is 205 Å². The summed E-state index contributed by atoms with van der Waals surface area (Å²) in [5.74, 6) is 0. The molecule has 9 aromatic carbocycles. The van der Waals surface area contributed by atoms with E-state index in [4.69, 9.17) is 4.42 Å². The molecule has 11 rings (SSSR count). The number of rotatable bonds is 6. The molecule has 2 heteroatoms. The number of nitrogens with zero attached hydrogens (tertiary/aromatic N) is 1. The van der Waals surface area contributed by atoms with Crippen molar-refractivity contribution in [3.8, 4) is 44.5 Å². The van der Waals surface area contributed by atoms with Crippen molar-refractivity contribution in [1.29, 1.82) is 0 Å². The Morgan fingerprint density at radius 2 is 1.00 bits per heavy atom. The maximum Gasteiger partial charge on any atom is 0.135 e. The molecular weight excluding hydrogens is 691 g/mol. The summed E-state index contributed by atoms with van der Waals surface area (Å²) in [5.41, 5.74) is 17.6. The van der Waals surface area contributed by atoms with E-state index in [1.165, 1.54) is 55.3 Å². The van der Waals surface area contributed by atoms with Gasteiger partial charge in [-0.25, -0.2) is 0 Å². The van der Waals surface area contributed by atoms with Gasteiger partial charge in [-0.15, -0.1) is 0 Å². The minimum atomic E-state index is -0.0935. The Labute approximate surface area is 332 Å². The van der Waals surface area contributed by atoms with Crippen LogP contribution in [-0.4, -0.2) is 0 Å². The highest BCUT2D eigenvalue weighted by molar-refractivity contribution is 6.06. The molecule has 0 radical (unpaired) electrons. The van der Waals surface area contributed by atoms with Gasteiger partial charge in [-0.1, -0.05) is 166 Å². The Balaban J connectivity index is 1.10. The molecule has 0 bridgehead atoms. The highest BCUT2D eigenvalue weighted by atomic mass is 16.3. The van der Waals surface area contributed by atoms with E-state index in [1.54, 1.807) is 0 Å². The average Bonchev–Trinajstić information content (AvgIpc) is 3.75. The van der Waals surface area contributed by atoms with Gasteiger partial charge in [-0.05, 0) is 109 Å². The number of anilines is 3. The molecule has 0 N–H and O–H groups in total. The van der Waals surface area contributed by atoms with E-state index in [9.17, 15) is 0 Å². The van der Waals surface area contributed by atoms with Crippen LogP contribution in [-0.2, 0) is 5.41 Å². The number of hydrogen-bond acceptors (Lipinski definition) is 2. The summed E-state index contributed by atoms with van der Waals surface area (Å²) in [7, 11) is 0. The van der Waals surface area contributed by atoms with Crippen LogP contribution < -0.4 is 4.90 Å². The molecule has 2 nitrogen and oxygen atoms in total. The number of fused-ring (bicyclic) bond motifs is 7. The second-order valence-corrected chi connectivity index (χ2v) is 15.7. The van der Waals surface area contributed by atoms with Gasteiger partial charge in [0.05, 0.1) is 5.69 Å². The van der Waals surface area contributed by atoms with Crippen molar-refractivity contribution in [2.45, 2.75) is 19.3 Å². The number of furan rings is 1. The van der Waals surface area contributed by atoms with E-state index >= 15 is 0 Å². The van der Waals surface area contributed by atoms with Crippen molar-refractivity contribution in [3.63, 3.8) is 0 Å². The molecule has 1 aliphatic rings. The normalized spacial score (nSPS) is 12.9. The predicted molar refractivity (Wildman–Crippen MR) is 240 cm³/mol. The van der Waals surface area contributed by atoms with Gasteiger partial charge < -0.3 is 9.32 Å². The molecule has 270 valence electrons. The van der Waals surface area contributed by atoms with Crippen LogP contribution in [0.1, 0.15) is 25.0 Å². The first kappa shape index (κ1) is 33.2. The molecule has 0 unspecified atom stereocenters. The van der Waals surface area contributed by atoms with Crippen molar-refractivity contribution in [2.75, 3.05) is 4.90 Å². The van der Waals surface area contributed by atoms with Gasteiger partial charge in [0.25, 0.3) is 0 Å². The number of benzene rings is 9. The molecule has 0 aliphatic heterocycles. The summed E-state index contributed by atoms with van der Waals surface area (Å²) in [5, 5.41) is 4.76. The molecule has 0 spiro atoms. The lowest BCUT2D eigenvalue weighted by atomic mass is 9.82. The summed E-state index contributed by atoms with van der Waals surface area (Å²) in [4.78, 5) is 2.43. The van der Waals surface area contributed by atoms with E-state index in [1.807, 2.05) is 12.1 Å². The zero-order valence-corrected chi connectivity index (χ0v) is 31.9. The number of para-hydroxylation sites is 2. The second-order valence-electron chi connectivity index (χ2n) is 15.7. The van der Waals surface area contributed by atoms with E-state index in [0.29, 0.717) is 0 Å². The fraction of sp³-hybridized carbons (Fsp3) is 0.0545. The zero-order valence-electron chi connectivity index (χ0n) is 31.9. The van der Waals surface area contributed by atoms with Crippen LogP contribution in [0, 0.1) is 0 Å². The summed E-state index contributed by atoms with van der Waals surface area (Å²) >= 11 is 0. The molecule has 0 fully saturated rings. The molecule has 0 saturated carbocycles. The molecule has 1 heterocycles. The van der Waals surface area contributed by atoms with E-state index in [2.05, 4.69) is 207 Å². The number of hydrogen-bond donors (Lipinski definition) is 0. The highest BCUT2D eigenvalue weighted by Crippen LogP contribution is 2.54. The van der Waals surface area contributed by atoms with Gasteiger partial charge in [0.1, 0.15) is 11.2 Å². The van der Waals surface area contributed by atoms with Crippen LogP contribution in [0.2, 0.25) is 0 Å². The lowest BCUT2D eigenvalue weighted by Crippen LogP contribution is -2.14. The van der Waals surface area contributed by atoms with E-state index in [-0.39, 0.29) is 5.41 Å². The lowest BCUT2D eigenvalue weighted by molar-refractivity contribution is 0.660. The van der Waals surface area contributed by atoms with Crippen LogP contribution in [0.5, 0.6) is 0 Å². The molecule has 57 heavy (non-hydrogen) atoms. The topological polar surface area (TPSA) is 16.4 Å². The van der Waals surface area contributed by atoms with Gasteiger partial charge in [0.15, 0.2) is 0 Å². The Hall–Kier alpha value is -7.16. The predicted octanol–water partition coefficient (Wildman–Crippen LogP) is 15.5. The summed E-state index contributed by atoms with van der Waals surface area (Å²) < 4.78 is 6.20. The minimum absolute atomic E-state index is 0.0935. The van der Waals surface area contributed by atoms with Gasteiger partial charge in [-0.3, -0.25) is 0 Å². The van der Waals surface area contributed by atoms with Crippen LogP contribution in [0.25, 0.3) is 77.2 Å². The van der Waals surface area contributed by atoms with Crippen molar-refractivity contribution < 1.29 is 4.42 Å². The fourth-order valence-electron chi connectivity index (χ4n) is 9.30. The Morgan fingerprint density at radius 3 is 1.89 bits per heavy atom. The average molecular weight is 730 g/mol. The maximum absolute atomic E-state index is 6.20. The monoisotopic (exact) mass is 729 g/mol. The Bertz CT molecular complexity index is 3160. The summed E-state index contributed by atoms with van der Waals surface area (Å²) in [6.45, 7) is 4.71. The standard InChI is InChI=1S/C55H39NO/c1-55(2)49-24-8-5-21-47(49)54-46(23-13-25-50(54)55)44-19-6-9-26-51(44)56(40-31-28-37(29-32-40)43-22-12-15-36-14-3-4-18-42(36)43)41-17-11-16-38(34-41)39-30-33-53-48(35-39)45-20-7-10-27-52(45)57-53/h3-35H,1-2H3. The van der Waals surface area contributed by atoms with E-state index < -0.39 is 0 Å². The first-order chi connectivity index (χ1) is 28.0. The quantitative estimate of drug-likeness (QED) is 0.169. The molecule has 10 aromatic rings. The third-order valence-corrected chi connectivity index (χ3v) is 12.1. The molecule has 1 aromatic heterocycles. The SMILES string of the molecule is CC1(C)c2ccccc2-c2c(-c3ccccc3N(c3ccc(-c4cccc5ccccc45)cc3)c3cccc(-c4ccc5oc6ccccc6c5c4)c3)cccc21. The van der Waals surface area contributed by atoms with E-state index in [0.717, 1.165) is 50.1 Å². The third kappa shape index (κ3) is 5.33. The van der Waals surface area contributed by atoms with Crippen molar-refractivity contribution in [2.24, 2.45) is 0 Å². The second kappa shape index (κ2) is 13.0. The lowest BCUT2D eigenvalue weighted by Gasteiger charge is -2.29. The Kier molecular flexibility index (Phi) is 7.55. The van der Waals surface area contributed by atoms with Gasteiger partial charge in [-0.2, -0.15) is 0 Å². The minimum Gasteiger partial charge on any atom is -0.456 e. The Morgan fingerprint density at radius 1 is 0.386 bits per heavy atom. The van der Waals surface area contributed by atoms with Crippen LogP contribution in [0.3, 0.4) is 0 Å². The molecule has 1 aliphatic carbocycles. The molecule has 0 amide bonds. The van der Waals surface area contributed by atoms with Crippen molar-refractivity contribution in [3.05, 3.63) is 211 Å². The van der Waals surface area contributed by atoms with Crippen LogP contribution in [0.4, 0.5) is 17.1 Å². The zero-order chi connectivity index (χ0) is 38.1. The maximum atomic E-state index is 6.20. The molecule has 0 atom stereocenters. The van der Waals surface area contributed by atoms with Gasteiger partial charge in [0.2, 0.25) is 0 Å². The van der Waals surface area contributed by atoms with Crippen LogP contribution >= 0.6 is 0 Å². The van der Waals surface area contributed by atoms with Gasteiger partial charge >= 0.3 is 0 Å². The molecular formula is C55H39NO. The third-order valence-electron chi connectivity index (χ3n) is 12.1. The van der Waals surface area contributed by atoms with Gasteiger partial charge in [0, 0.05) is 33.1 Å². The van der Waals surface area contributed by atoms with Crippen molar-refractivity contribution in [1.82, 2.24) is 0 Å². The largest absolute Gasteiger partial charge is 0.456 e. The summed E-state index contributed by atoms with van der Waals surface area (Å²) in [6.07, 6.45) is 0. The smallest absolute Gasteiger partial charge is 0.135 e. The first-order valence-electron chi connectivity index (χ1n) is 19.8. The molecule has 0 saturated heterocycles.